The zero-order valence-electron chi connectivity index (χ0n) is 16.7. The molecular weight excluding hydrogens is 406 g/mol. The van der Waals surface area contributed by atoms with E-state index in [0.717, 1.165) is 33.9 Å². The fraction of sp³-hybridized carbons (Fsp3) is 0.381. The molecule has 0 saturated carbocycles. The third-order valence-electron chi connectivity index (χ3n) is 4.68. The van der Waals surface area contributed by atoms with E-state index >= 15 is 0 Å². The van der Waals surface area contributed by atoms with E-state index in [2.05, 4.69) is 26.1 Å². The zero-order chi connectivity index (χ0) is 20.4. The Morgan fingerprint density at radius 1 is 1.21 bits per heavy atom. The van der Waals surface area contributed by atoms with Crippen molar-refractivity contribution in [3.8, 4) is 11.5 Å². The summed E-state index contributed by atoms with van der Waals surface area (Å²) in [6, 6.07) is 5.44. The first kappa shape index (κ1) is 20.0. The molecule has 152 valence electrons. The van der Waals surface area contributed by atoms with Gasteiger partial charge in [0.25, 0.3) is 0 Å². The second kappa shape index (κ2) is 8.59. The van der Waals surface area contributed by atoms with E-state index in [0.29, 0.717) is 30.4 Å². The Morgan fingerprint density at radius 3 is 2.79 bits per heavy atom. The summed E-state index contributed by atoms with van der Waals surface area (Å²) in [6.07, 6.45) is 1.83. The minimum atomic E-state index is -0.0833. The Hall–Kier alpha value is -2.32. The van der Waals surface area contributed by atoms with Crippen LogP contribution in [-0.2, 0) is 11.2 Å². The number of ether oxygens (including phenoxy) is 2. The average Bonchev–Trinajstić information content (AvgIpc) is 3.00. The van der Waals surface area contributed by atoms with Crippen molar-refractivity contribution in [1.29, 1.82) is 0 Å². The molecule has 1 amide bonds. The summed E-state index contributed by atoms with van der Waals surface area (Å²) in [5.74, 6) is 2.41. The maximum Gasteiger partial charge on any atom is 0.234 e. The molecule has 6 nitrogen and oxygen atoms in total. The van der Waals surface area contributed by atoms with Crippen molar-refractivity contribution in [1.82, 2.24) is 9.97 Å². The molecule has 1 N–H and O–H groups in total. The van der Waals surface area contributed by atoms with Crippen LogP contribution in [0.5, 0.6) is 11.5 Å². The number of thiophene rings is 1. The van der Waals surface area contributed by atoms with Gasteiger partial charge in [0.2, 0.25) is 5.91 Å². The SMILES string of the molecule is CCCc1nc(SCC(=O)Nc2ccc3c(c2)OCCO3)c2c(C)c(C)sc2n1. The van der Waals surface area contributed by atoms with Crippen molar-refractivity contribution in [2.75, 3.05) is 24.3 Å². The number of aromatic nitrogens is 2. The number of nitrogens with one attached hydrogen (secondary N) is 1. The lowest BCUT2D eigenvalue weighted by atomic mass is 10.2. The van der Waals surface area contributed by atoms with E-state index in [1.54, 1.807) is 17.4 Å². The molecule has 2 aromatic heterocycles. The van der Waals surface area contributed by atoms with E-state index in [-0.39, 0.29) is 11.7 Å². The second-order valence-electron chi connectivity index (χ2n) is 6.85. The summed E-state index contributed by atoms with van der Waals surface area (Å²) in [7, 11) is 0. The van der Waals surface area contributed by atoms with Crippen LogP contribution in [0.15, 0.2) is 23.2 Å². The van der Waals surface area contributed by atoms with Crippen molar-refractivity contribution in [3.05, 3.63) is 34.5 Å². The first-order valence-electron chi connectivity index (χ1n) is 9.64. The van der Waals surface area contributed by atoms with Crippen LogP contribution in [0.2, 0.25) is 0 Å². The number of hydrogen-bond donors (Lipinski definition) is 1. The first-order chi connectivity index (χ1) is 14.0. The van der Waals surface area contributed by atoms with E-state index in [1.165, 1.54) is 22.2 Å². The number of rotatable bonds is 6. The number of carbonyl (C=O) groups excluding carboxylic acids is 1. The molecule has 1 aliphatic heterocycles. The lowest BCUT2D eigenvalue weighted by Crippen LogP contribution is -2.17. The van der Waals surface area contributed by atoms with Crippen molar-refractivity contribution in [2.24, 2.45) is 0 Å². The Morgan fingerprint density at radius 2 is 2.00 bits per heavy atom. The van der Waals surface area contributed by atoms with Crippen LogP contribution in [0.3, 0.4) is 0 Å². The molecule has 4 rings (SSSR count). The topological polar surface area (TPSA) is 73.3 Å². The van der Waals surface area contributed by atoms with Crippen LogP contribution in [0.1, 0.15) is 29.6 Å². The molecule has 0 fully saturated rings. The number of amides is 1. The number of fused-ring (bicyclic) bond motifs is 2. The molecule has 3 heterocycles. The van der Waals surface area contributed by atoms with Crippen LogP contribution in [-0.4, -0.2) is 34.8 Å². The normalized spacial score (nSPS) is 12.9. The van der Waals surface area contributed by atoms with Gasteiger partial charge in [-0.2, -0.15) is 0 Å². The lowest BCUT2D eigenvalue weighted by molar-refractivity contribution is -0.113. The summed E-state index contributed by atoms with van der Waals surface area (Å²) in [5, 5.41) is 4.89. The number of thioether (sulfide) groups is 1. The molecule has 3 aromatic rings. The molecule has 0 aliphatic carbocycles. The largest absolute Gasteiger partial charge is 0.486 e. The molecule has 0 radical (unpaired) electrons. The van der Waals surface area contributed by atoms with Crippen LogP contribution in [0.4, 0.5) is 5.69 Å². The van der Waals surface area contributed by atoms with Gasteiger partial charge in [0.15, 0.2) is 11.5 Å². The summed E-state index contributed by atoms with van der Waals surface area (Å²) >= 11 is 3.15. The molecule has 1 aromatic carbocycles. The fourth-order valence-electron chi connectivity index (χ4n) is 3.15. The maximum atomic E-state index is 12.5. The van der Waals surface area contributed by atoms with Crippen molar-refractivity contribution in [3.63, 3.8) is 0 Å². The molecular formula is C21H23N3O3S2. The molecule has 0 bridgehead atoms. The summed E-state index contributed by atoms with van der Waals surface area (Å²) < 4.78 is 11.1. The van der Waals surface area contributed by atoms with Gasteiger partial charge in [0.05, 0.1) is 5.75 Å². The van der Waals surface area contributed by atoms with Gasteiger partial charge in [-0.05, 0) is 38.0 Å². The van der Waals surface area contributed by atoms with Gasteiger partial charge in [-0.15, -0.1) is 11.3 Å². The van der Waals surface area contributed by atoms with E-state index in [4.69, 9.17) is 19.4 Å². The van der Waals surface area contributed by atoms with Gasteiger partial charge in [0.1, 0.15) is 28.9 Å². The highest BCUT2D eigenvalue weighted by molar-refractivity contribution is 8.00. The quantitative estimate of drug-likeness (QED) is 0.450. The molecule has 1 aliphatic rings. The van der Waals surface area contributed by atoms with Crippen molar-refractivity contribution >= 4 is 44.9 Å². The van der Waals surface area contributed by atoms with Gasteiger partial charge < -0.3 is 14.8 Å². The highest BCUT2D eigenvalue weighted by atomic mass is 32.2. The van der Waals surface area contributed by atoms with Crippen LogP contribution >= 0.6 is 23.1 Å². The highest BCUT2D eigenvalue weighted by Gasteiger charge is 2.17. The number of carbonyl (C=O) groups is 1. The molecule has 0 unspecified atom stereocenters. The third kappa shape index (κ3) is 4.33. The Labute approximate surface area is 178 Å². The monoisotopic (exact) mass is 429 g/mol. The van der Waals surface area contributed by atoms with E-state index < -0.39 is 0 Å². The fourth-order valence-corrected chi connectivity index (χ4v) is 5.16. The molecule has 0 saturated heterocycles. The third-order valence-corrected chi connectivity index (χ3v) is 6.76. The van der Waals surface area contributed by atoms with Gasteiger partial charge in [-0.1, -0.05) is 18.7 Å². The standard InChI is InChI=1S/C21H23N3O3S2/c1-4-5-17-23-20(19-12(2)13(3)29-21(19)24-17)28-11-18(25)22-14-6-7-15-16(10-14)27-9-8-26-15/h6-7,10H,4-5,8-9,11H2,1-3H3,(H,22,25). The molecule has 0 spiro atoms. The predicted molar refractivity (Wildman–Crippen MR) is 118 cm³/mol. The van der Waals surface area contributed by atoms with Gasteiger partial charge in [-0.25, -0.2) is 9.97 Å². The molecule has 29 heavy (non-hydrogen) atoms. The first-order valence-corrected chi connectivity index (χ1v) is 11.4. The number of anilines is 1. The van der Waals surface area contributed by atoms with Gasteiger partial charge >= 0.3 is 0 Å². The molecule has 0 atom stereocenters. The average molecular weight is 430 g/mol. The van der Waals surface area contributed by atoms with Gasteiger partial charge in [0, 0.05) is 28.4 Å². The highest BCUT2D eigenvalue weighted by Crippen LogP contribution is 2.36. The smallest absolute Gasteiger partial charge is 0.234 e. The Kier molecular flexibility index (Phi) is 5.91. The Bertz CT molecular complexity index is 1060. The second-order valence-corrected chi connectivity index (χ2v) is 9.02. The summed E-state index contributed by atoms with van der Waals surface area (Å²) in [6.45, 7) is 7.38. The summed E-state index contributed by atoms with van der Waals surface area (Å²) in [4.78, 5) is 24.2. The van der Waals surface area contributed by atoms with Crippen molar-refractivity contribution in [2.45, 2.75) is 38.6 Å². The Balaban J connectivity index is 1.49. The predicted octanol–water partition coefficient (Wildman–Crippen LogP) is 4.76. The van der Waals surface area contributed by atoms with Crippen molar-refractivity contribution < 1.29 is 14.3 Å². The van der Waals surface area contributed by atoms with Crippen LogP contribution in [0.25, 0.3) is 10.2 Å². The number of nitrogens with zero attached hydrogens (tertiary/aromatic N) is 2. The van der Waals surface area contributed by atoms with Crippen LogP contribution in [0, 0.1) is 13.8 Å². The van der Waals surface area contributed by atoms with Gasteiger partial charge in [-0.3, -0.25) is 4.79 Å². The minimum absolute atomic E-state index is 0.0833. The maximum absolute atomic E-state index is 12.5. The molecule has 8 heteroatoms. The van der Waals surface area contributed by atoms with E-state index in [9.17, 15) is 4.79 Å². The lowest BCUT2D eigenvalue weighted by Gasteiger charge is -2.19. The van der Waals surface area contributed by atoms with E-state index in [1.807, 2.05) is 12.1 Å². The minimum Gasteiger partial charge on any atom is -0.486 e. The summed E-state index contributed by atoms with van der Waals surface area (Å²) in [5.41, 5.74) is 1.89. The van der Waals surface area contributed by atoms with Crippen LogP contribution < -0.4 is 14.8 Å². The number of hydrogen-bond acceptors (Lipinski definition) is 7. The number of benzene rings is 1. The number of aryl methyl sites for hydroxylation is 3. The zero-order valence-corrected chi connectivity index (χ0v) is 18.3.